The Morgan fingerprint density at radius 1 is 1.48 bits per heavy atom. The summed E-state index contributed by atoms with van der Waals surface area (Å²) in [6.07, 6.45) is 4.39. The van der Waals surface area contributed by atoms with Crippen LogP contribution in [-0.2, 0) is 11.2 Å². The Kier molecular flexibility index (Phi) is 3.97. The third-order valence-corrected chi connectivity index (χ3v) is 4.48. The highest BCUT2D eigenvalue weighted by molar-refractivity contribution is 5.90. The van der Waals surface area contributed by atoms with Crippen LogP contribution in [0.3, 0.4) is 0 Å². The van der Waals surface area contributed by atoms with Crippen LogP contribution in [0.4, 0.5) is 0 Å². The number of amides is 1. The highest BCUT2D eigenvalue weighted by atomic mass is 16.3. The van der Waals surface area contributed by atoms with Gasteiger partial charge in [0.05, 0.1) is 6.42 Å². The van der Waals surface area contributed by atoms with Crippen molar-refractivity contribution in [2.24, 2.45) is 5.92 Å². The molecule has 112 valence electrons. The molecule has 1 saturated heterocycles. The fourth-order valence-electron chi connectivity index (χ4n) is 3.23. The van der Waals surface area contributed by atoms with E-state index in [9.17, 15) is 9.90 Å². The number of hydrogen-bond donors (Lipinski definition) is 2. The van der Waals surface area contributed by atoms with Crippen molar-refractivity contribution in [3.8, 4) is 0 Å². The maximum absolute atomic E-state index is 12.5. The Morgan fingerprint density at radius 3 is 3.14 bits per heavy atom. The number of rotatable bonds is 3. The standard InChI is InChI=1S/C17H22N2O2/c1-12-4-2-6-15-14(9-18-17(12)15)8-16(21)19-7-3-5-13(10-19)11-20/h2,4,6,9,13,18,20H,3,5,7-8,10-11H2,1H3. The van der Waals surface area contributed by atoms with Gasteiger partial charge in [-0.25, -0.2) is 0 Å². The first-order valence-electron chi connectivity index (χ1n) is 7.63. The van der Waals surface area contributed by atoms with Gasteiger partial charge in [-0.2, -0.15) is 0 Å². The van der Waals surface area contributed by atoms with E-state index in [-0.39, 0.29) is 18.4 Å². The zero-order chi connectivity index (χ0) is 14.8. The fourth-order valence-corrected chi connectivity index (χ4v) is 3.23. The van der Waals surface area contributed by atoms with Crippen LogP contribution in [0, 0.1) is 12.8 Å². The second kappa shape index (κ2) is 5.90. The highest BCUT2D eigenvalue weighted by Crippen LogP contribution is 2.23. The van der Waals surface area contributed by atoms with Crippen molar-refractivity contribution in [1.29, 1.82) is 0 Å². The molecule has 1 aromatic heterocycles. The molecule has 2 heterocycles. The van der Waals surface area contributed by atoms with Gasteiger partial charge < -0.3 is 15.0 Å². The molecule has 1 amide bonds. The molecule has 1 fully saturated rings. The first kappa shape index (κ1) is 14.1. The van der Waals surface area contributed by atoms with E-state index in [1.54, 1.807) is 0 Å². The number of aromatic nitrogens is 1. The van der Waals surface area contributed by atoms with Crippen molar-refractivity contribution in [2.45, 2.75) is 26.2 Å². The first-order valence-corrected chi connectivity index (χ1v) is 7.63. The van der Waals surface area contributed by atoms with Crippen LogP contribution in [0.2, 0.25) is 0 Å². The molecule has 4 nitrogen and oxygen atoms in total. The summed E-state index contributed by atoms with van der Waals surface area (Å²) in [6.45, 7) is 3.75. The lowest BCUT2D eigenvalue weighted by atomic mass is 9.98. The van der Waals surface area contributed by atoms with Crippen LogP contribution in [0.1, 0.15) is 24.0 Å². The summed E-state index contributed by atoms with van der Waals surface area (Å²) in [5, 5.41) is 10.4. The highest BCUT2D eigenvalue weighted by Gasteiger charge is 2.23. The van der Waals surface area contributed by atoms with Crippen molar-refractivity contribution >= 4 is 16.8 Å². The molecule has 0 aliphatic carbocycles. The zero-order valence-corrected chi connectivity index (χ0v) is 12.4. The number of nitrogens with one attached hydrogen (secondary N) is 1. The van der Waals surface area contributed by atoms with E-state index < -0.39 is 0 Å². The van der Waals surface area contributed by atoms with Gasteiger partial charge in [-0.05, 0) is 36.8 Å². The van der Waals surface area contributed by atoms with E-state index in [2.05, 4.69) is 24.0 Å². The molecule has 0 radical (unpaired) electrons. The van der Waals surface area contributed by atoms with Crippen molar-refractivity contribution in [2.75, 3.05) is 19.7 Å². The Hall–Kier alpha value is -1.81. The van der Waals surface area contributed by atoms with Gasteiger partial charge in [0.1, 0.15) is 0 Å². The number of aromatic amines is 1. The summed E-state index contributed by atoms with van der Waals surface area (Å²) in [5.74, 6) is 0.406. The van der Waals surface area contributed by atoms with Crippen molar-refractivity contribution in [3.63, 3.8) is 0 Å². The Morgan fingerprint density at radius 2 is 2.33 bits per heavy atom. The quantitative estimate of drug-likeness (QED) is 0.909. The summed E-state index contributed by atoms with van der Waals surface area (Å²) >= 11 is 0. The molecule has 1 atom stereocenters. The minimum Gasteiger partial charge on any atom is -0.396 e. The normalized spacial score (nSPS) is 19.1. The van der Waals surface area contributed by atoms with Gasteiger partial charge in [0, 0.05) is 36.8 Å². The van der Waals surface area contributed by atoms with E-state index in [4.69, 9.17) is 0 Å². The molecule has 1 aromatic carbocycles. The molecule has 1 aliphatic heterocycles. The number of nitrogens with zero attached hydrogens (tertiary/aromatic N) is 1. The number of benzene rings is 1. The van der Waals surface area contributed by atoms with E-state index in [0.717, 1.165) is 35.9 Å². The molecule has 2 N–H and O–H groups in total. The number of H-pyrrole nitrogens is 1. The van der Waals surface area contributed by atoms with Crippen molar-refractivity contribution < 1.29 is 9.90 Å². The Balaban J connectivity index is 1.76. The topological polar surface area (TPSA) is 56.3 Å². The molecule has 0 bridgehead atoms. The predicted molar refractivity (Wildman–Crippen MR) is 83.1 cm³/mol. The van der Waals surface area contributed by atoms with Crippen LogP contribution >= 0.6 is 0 Å². The largest absolute Gasteiger partial charge is 0.396 e. The van der Waals surface area contributed by atoms with Gasteiger partial charge in [0.2, 0.25) is 5.91 Å². The molecule has 1 aliphatic rings. The lowest BCUT2D eigenvalue weighted by Crippen LogP contribution is -2.41. The number of carbonyl (C=O) groups is 1. The smallest absolute Gasteiger partial charge is 0.227 e. The van der Waals surface area contributed by atoms with Gasteiger partial charge in [0.15, 0.2) is 0 Å². The number of para-hydroxylation sites is 1. The number of aryl methyl sites for hydroxylation is 1. The van der Waals surface area contributed by atoms with Gasteiger partial charge >= 0.3 is 0 Å². The van der Waals surface area contributed by atoms with Crippen LogP contribution in [0.25, 0.3) is 10.9 Å². The molecular weight excluding hydrogens is 264 g/mol. The molecule has 3 rings (SSSR count). The van der Waals surface area contributed by atoms with E-state index in [1.807, 2.05) is 17.2 Å². The van der Waals surface area contributed by atoms with Crippen LogP contribution < -0.4 is 0 Å². The molecule has 4 heteroatoms. The number of fused-ring (bicyclic) bond motifs is 1. The summed E-state index contributed by atoms with van der Waals surface area (Å²) in [5.41, 5.74) is 3.38. The van der Waals surface area contributed by atoms with Crippen LogP contribution in [0.5, 0.6) is 0 Å². The Bertz CT molecular complexity index is 647. The van der Waals surface area contributed by atoms with Gasteiger partial charge in [-0.3, -0.25) is 4.79 Å². The predicted octanol–water partition coefficient (Wildman–Crippen LogP) is 2.25. The summed E-state index contributed by atoms with van der Waals surface area (Å²) in [7, 11) is 0. The maximum atomic E-state index is 12.5. The molecule has 0 saturated carbocycles. The number of piperidine rings is 1. The molecular formula is C17H22N2O2. The average Bonchev–Trinajstić information content (AvgIpc) is 2.92. The monoisotopic (exact) mass is 286 g/mol. The number of hydrogen-bond acceptors (Lipinski definition) is 2. The SMILES string of the molecule is Cc1cccc2c(CC(=O)N3CCCC(CO)C3)c[nH]c12. The second-order valence-electron chi connectivity index (χ2n) is 6.02. The third-order valence-electron chi connectivity index (χ3n) is 4.48. The lowest BCUT2D eigenvalue weighted by Gasteiger charge is -2.31. The number of aliphatic hydroxyl groups excluding tert-OH is 1. The number of carbonyl (C=O) groups excluding carboxylic acids is 1. The van der Waals surface area contributed by atoms with Gasteiger partial charge in [0.25, 0.3) is 0 Å². The second-order valence-corrected chi connectivity index (χ2v) is 6.02. The van der Waals surface area contributed by atoms with E-state index in [1.165, 1.54) is 5.56 Å². The summed E-state index contributed by atoms with van der Waals surface area (Å²) < 4.78 is 0. The maximum Gasteiger partial charge on any atom is 0.227 e. The van der Waals surface area contributed by atoms with Crippen LogP contribution in [-0.4, -0.2) is 40.6 Å². The summed E-state index contributed by atoms with van der Waals surface area (Å²) in [6, 6.07) is 6.16. The van der Waals surface area contributed by atoms with E-state index in [0.29, 0.717) is 13.0 Å². The van der Waals surface area contributed by atoms with Crippen molar-refractivity contribution in [1.82, 2.24) is 9.88 Å². The molecule has 0 spiro atoms. The molecule has 1 unspecified atom stereocenters. The number of aliphatic hydroxyl groups is 1. The number of likely N-dealkylation sites (tertiary alicyclic amines) is 1. The van der Waals surface area contributed by atoms with Crippen LogP contribution in [0.15, 0.2) is 24.4 Å². The zero-order valence-electron chi connectivity index (χ0n) is 12.4. The summed E-state index contributed by atoms with van der Waals surface area (Å²) in [4.78, 5) is 17.7. The molecule has 2 aromatic rings. The van der Waals surface area contributed by atoms with Gasteiger partial charge in [-0.15, -0.1) is 0 Å². The minimum absolute atomic E-state index is 0.163. The fraction of sp³-hybridized carbons (Fsp3) is 0.471. The molecule has 21 heavy (non-hydrogen) atoms. The average molecular weight is 286 g/mol. The van der Waals surface area contributed by atoms with Gasteiger partial charge in [-0.1, -0.05) is 18.2 Å². The van der Waals surface area contributed by atoms with E-state index >= 15 is 0 Å². The van der Waals surface area contributed by atoms with Crippen molar-refractivity contribution in [3.05, 3.63) is 35.5 Å². The third kappa shape index (κ3) is 2.81. The lowest BCUT2D eigenvalue weighted by molar-refractivity contribution is -0.132. The Labute approximate surface area is 124 Å². The minimum atomic E-state index is 0.163. The first-order chi connectivity index (χ1) is 10.2.